The molecular formula is C20H29FN2O2. The van der Waals surface area contributed by atoms with Crippen LogP contribution in [0.4, 0.5) is 4.39 Å². The number of hydrogen-bond donors (Lipinski definition) is 0. The minimum Gasteiger partial charge on any atom is -0.343 e. The zero-order valence-electron chi connectivity index (χ0n) is 15.9. The molecule has 0 aliphatic carbocycles. The Hall–Kier alpha value is -1.91. The van der Waals surface area contributed by atoms with Crippen LogP contribution in [0.1, 0.15) is 46.1 Å². The van der Waals surface area contributed by atoms with Gasteiger partial charge in [0, 0.05) is 37.7 Å². The molecule has 0 bridgehead atoms. The Morgan fingerprint density at radius 2 is 1.76 bits per heavy atom. The Labute approximate surface area is 150 Å². The molecule has 4 nitrogen and oxygen atoms in total. The molecule has 138 valence electrons. The molecule has 2 rings (SSSR count). The van der Waals surface area contributed by atoms with Crippen LogP contribution < -0.4 is 0 Å². The molecule has 0 saturated carbocycles. The molecule has 2 amide bonds. The highest BCUT2D eigenvalue weighted by molar-refractivity contribution is 5.88. The topological polar surface area (TPSA) is 40.6 Å². The van der Waals surface area contributed by atoms with Crippen LogP contribution >= 0.6 is 0 Å². The summed E-state index contributed by atoms with van der Waals surface area (Å²) in [6.45, 7) is 8.59. The summed E-state index contributed by atoms with van der Waals surface area (Å²) in [6, 6.07) is 6.60. The quantitative estimate of drug-likeness (QED) is 0.838. The first-order valence-electron chi connectivity index (χ1n) is 8.97. The van der Waals surface area contributed by atoms with E-state index in [2.05, 4.69) is 0 Å². The molecule has 0 atom stereocenters. The van der Waals surface area contributed by atoms with Crippen molar-refractivity contribution >= 4 is 11.8 Å². The van der Waals surface area contributed by atoms with Crippen molar-refractivity contribution in [1.82, 2.24) is 9.80 Å². The molecule has 1 aromatic rings. The van der Waals surface area contributed by atoms with Gasteiger partial charge in [-0.2, -0.15) is 0 Å². The predicted molar refractivity (Wildman–Crippen MR) is 96.6 cm³/mol. The van der Waals surface area contributed by atoms with E-state index >= 15 is 0 Å². The maximum absolute atomic E-state index is 14.1. The van der Waals surface area contributed by atoms with Crippen LogP contribution in [-0.2, 0) is 15.0 Å². The van der Waals surface area contributed by atoms with Crippen molar-refractivity contribution in [3.05, 3.63) is 35.6 Å². The molecule has 1 aliphatic rings. The Morgan fingerprint density at radius 3 is 2.28 bits per heavy atom. The Kier molecular flexibility index (Phi) is 5.86. The van der Waals surface area contributed by atoms with Gasteiger partial charge in [-0.15, -0.1) is 0 Å². The number of likely N-dealkylation sites (tertiary alicyclic amines) is 1. The van der Waals surface area contributed by atoms with Crippen molar-refractivity contribution in [2.24, 2.45) is 5.92 Å². The fraction of sp³-hybridized carbons (Fsp3) is 0.600. The summed E-state index contributed by atoms with van der Waals surface area (Å²) in [7, 11) is 1.83. The summed E-state index contributed by atoms with van der Waals surface area (Å²) in [5.74, 6) is -0.325. The van der Waals surface area contributed by atoms with Gasteiger partial charge in [-0.05, 0) is 46.6 Å². The Bertz CT molecular complexity index is 634. The second kappa shape index (κ2) is 7.54. The molecule has 0 spiro atoms. The molecule has 1 aromatic carbocycles. The van der Waals surface area contributed by atoms with Gasteiger partial charge in [0.2, 0.25) is 11.8 Å². The van der Waals surface area contributed by atoms with E-state index in [0.717, 1.165) is 0 Å². The number of carbonyl (C=O) groups excluding carboxylic acids is 2. The van der Waals surface area contributed by atoms with Gasteiger partial charge in [-0.3, -0.25) is 9.59 Å². The number of benzene rings is 1. The lowest BCUT2D eigenvalue weighted by Crippen LogP contribution is -2.49. The lowest BCUT2D eigenvalue weighted by molar-refractivity contribution is -0.143. The fourth-order valence-corrected chi connectivity index (χ4v) is 3.35. The van der Waals surface area contributed by atoms with E-state index < -0.39 is 5.41 Å². The molecule has 0 N–H and O–H groups in total. The minimum absolute atomic E-state index is 0.0342. The third kappa shape index (κ3) is 4.02. The minimum atomic E-state index is -0.920. The van der Waals surface area contributed by atoms with Gasteiger partial charge in [0.25, 0.3) is 0 Å². The first-order chi connectivity index (χ1) is 11.7. The summed E-state index contributed by atoms with van der Waals surface area (Å²) < 4.78 is 14.1. The van der Waals surface area contributed by atoms with Crippen molar-refractivity contribution < 1.29 is 14.0 Å². The molecule has 5 heteroatoms. The SMILES string of the molecule is CC(C)N(C)C(=O)C1CCN(C(=O)C(C)(C)c2ccccc2F)CC1. The second-order valence-corrected chi connectivity index (χ2v) is 7.71. The number of piperidine rings is 1. The number of rotatable bonds is 4. The number of hydrogen-bond acceptors (Lipinski definition) is 2. The van der Waals surface area contributed by atoms with Gasteiger partial charge in [0.15, 0.2) is 0 Å². The van der Waals surface area contributed by atoms with Gasteiger partial charge in [0.1, 0.15) is 5.82 Å². The molecule has 1 saturated heterocycles. The molecule has 25 heavy (non-hydrogen) atoms. The third-order valence-electron chi connectivity index (χ3n) is 5.34. The number of amides is 2. The average Bonchev–Trinajstić information content (AvgIpc) is 2.60. The number of nitrogens with zero attached hydrogens (tertiary/aromatic N) is 2. The van der Waals surface area contributed by atoms with Crippen molar-refractivity contribution in [2.75, 3.05) is 20.1 Å². The summed E-state index contributed by atoms with van der Waals surface area (Å²) in [6.07, 6.45) is 1.32. The van der Waals surface area contributed by atoms with E-state index in [1.54, 1.807) is 41.8 Å². The van der Waals surface area contributed by atoms with E-state index in [0.29, 0.717) is 31.5 Å². The third-order valence-corrected chi connectivity index (χ3v) is 5.34. The van der Waals surface area contributed by atoms with Gasteiger partial charge >= 0.3 is 0 Å². The first-order valence-corrected chi connectivity index (χ1v) is 8.97. The molecule has 0 unspecified atom stereocenters. The highest BCUT2D eigenvalue weighted by Crippen LogP contribution is 2.30. The highest BCUT2D eigenvalue weighted by Gasteiger charge is 2.38. The van der Waals surface area contributed by atoms with Crippen molar-refractivity contribution in [2.45, 2.75) is 52.0 Å². The molecular weight excluding hydrogens is 319 g/mol. The smallest absolute Gasteiger partial charge is 0.232 e. The Balaban J connectivity index is 2.04. The van der Waals surface area contributed by atoms with Gasteiger partial charge in [-0.25, -0.2) is 4.39 Å². The van der Waals surface area contributed by atoms with Crippen molar-refractivity contribution in [3.63, 3.8) is 0 Å². The maximum Gasteiger partial charge on any atom is 0.232 e. The van der Waals surface area contributed by atoms with Crippen LogP contribution in [0.15, 0.2) is 24.3 Å². The van der Waals surface area contributed by atoms with E-state index in [9.17, 15) is 14.0 Å². The van der Waals surface area contributed by atoms with Gasteiger partial charge < -0.3 is 9.80 Å². The van der Waals surface area contributed by atoms with E-state index in [1.807, 2.05) is 20.9 Å². The van der Waals surface area contributed by atoms with Crippen LogP contribution in [0.25, 0.3) is 0 Å². The van der Waals surface area contributed by atoms with Crippen LogP contribution in [0.2, 0.25) is 0 Å². The second-order valence-electron chi connectivity index (χ2n) is 7.71. The lowest BCUT2D eigenvalue weighted by atomic mass is 9.82. The number of carbonyl (C=O) groups is 2. The molecule has 1 heterocycles. The van der Waals surface area contributed by atoms with E-state index in [4.69, 9.17) is 0 Å². The predicted octanol–water partition coefficient (Wildman–Crippen LogP) is 3.21. The monoisotopic (exact) mass is 348 g/mol. The molecule has 1 aliphatic heterocycles. The highest BCUT2D eigenvalue weighted by atomic mass is 19.1. The molecule has 0 radical (unpaired) electrons. The van der Waals surface area contributed by atoms with E-state index in [1.165, 1.54) is 6.07 Å². The summed E-state index contributed by atoms with van der Waals surface area (Å²) in [4.78, 5) is 28.9. The lowest BCUT2D eigenvalue weighted by Gasteiger charge is -2.38. The average molecular weight is 348 g/mol. The van der Waals surface area contributed by atoms with Crippen LogP contribution in [-0.4, -0.2) is 47.8 Å². The normalized spacial score (nSPS) is 16.2. The van der Waals surface area contributed by atoms with Crippen LogP contribution in [0, 0.1) is 11.7 Å². The molecule has 1 fully saturated rings. The molecule has 0 aromatic heterocycles. The fourth-order valence-electron chi connectivity index (χ4n) is 3.35. The zero-order chi connectivity index (χ0) is 18.8. The maximum atomic E-state index is 14.1. The standard InChI is InChI=1S/C20H29FN2O2/c1-14(2)22(5)18(24)15-10-12-23(13-11-15)19(25)20(3,4)16-8-6-7-9-17(16)21/h6-9,14-15H,10-13H2,1-5H3. The summed E-state index contributed by atoms with van der Waals surface area (Å²) in [5, 5.41) is 0. The first kappa shape index (κ1) is 19.4. The van der Waals surface area contributed by atoms with E-state index in [-0.39, 0.29) is 29.6 Å². The van der Waals surface area contributed by atoms with Crippen molar-refractivity contribution in [3.8, 4) is 0 Å². The Morgan fingerprint density at radius 1 is 1.20 bits per heavy atom. The van der Waals surface area contributed by atoms with Crippen LogP contribution in [0.5, 0.6) is 0 Å². The van der Waals surface area contributed by atoms with Gasteiger partial charge in [0.05, 0.1) is 5.41 Å². The summed E-state index contributed by atoms with van der Waals surface area (Å²) in [5.41, 5.74) is -0.505. The van der Waals surface area contributed by atoms with Crippen LogP contribution in [0.3, 0.4) is 0 Å². The number of halogens is 1. The zero-order valence-corrected chi connectivity index (χ0v) is 15.9. The summed E-state index contributed by atoms with van der Waals surface area (Å²) >= 11 is 0. The largest absolute Gasteiger partial charge is 0.343 e. The van der Waals surface area contributed by atoms with Gasteiger partial charge in [-0.1, -0.05) is 18.2 Å². The van der Waals surface area contributed by atoms with Crippen molar-refractivity contribution in [1.29, 1.82) is 0 Å².